The van der Waals surface area contributed by atoms with Crippen LogP contribution in [0.15, 0.2) is 12.2 Å². The summed E-state index contributed by atoms with van der Waals surface area (Å²) >= 11 is 0. The number of carbonyl (C=O) groups is 2. The molecule has 0 amide bonds. The average Bonchev–Trinajstić information content (AvgIpc) is 3.29. The number of nitrogens with zero attached hydrogens (tertiary/aromatic N) is 1. The molecule has 0 radical (unpaired) electrons. The van der Waals surface area contributed by atoms with Crippen molar-refractivity contribution < 1.29 is 42.1 Å². The summed E-state index contributed by atoms with van der Waals surface area (Å²) < 4.78 is 34.1. The molecule has 0 bridgehead atoms. The summed E-state index contributed by atoms with van der Waals surface area (Å²) in [5.74, 6) is -0.816. The van der Waals surface area contributed by atoms with E-state index in [4.69, 9.17) is 18.5 Å². The minimum Gasteiger partial charge on any atom is -0.756 e. The Hall–Kier alpha value is -1.25. The number of quaternary nitrogens is 1. The number of rotatable bonds is 54. The van der Waals surface area contributed by atoms with Crippen molar-refractivity contribution in [2.75, 3.05) is 47.5 Å². The molecule has 2 atom stereocenters. The van der Waals surface area contributed by atoms with Gasteiger partial charge in [-0.1, -0.05) is 251 Å². The Morgan fingerprint density at radius 1 is 0.448 bits per heavy atom. The van der Waals surface area contributed by atoms with E-state index in [1.165, 1.54) is 225 Å². The molecule has 0 saturated carbocycles. The second-order valence-corrected chi connectivity index (χ2v) is 22.4. The highest BCUT2D eigenvalue weighted by Crippen LogP contribution is 2.38. The third-order valence-corrected chi connectivity index (χ3v) is 14.0. The summed E-state index contributed by atoms with van der Waals surface area (Å²) in [6.07, 6.45) is 57.0. The SMILES string of the molecule is CCCCCCCCCC/C=C\CCCCCCCCCCCCCCCCCCCCCC(=O)OC(COC(=O)CCCCCCCCCCCCCC)COP(=O)([O-])OCC[N+](C)(C)C. The Morgan fingerprint density at radius 2 is 0.761 bits per heavy atom. The lowest BCUT2D eigenvalue weighted by Crippen LogP contribution is -2.37. The highest BCUT2D eigenvalue weighted by atomic mass is 31.2. The third kappa shape index (κ3) is 53.9. The number of carbonyl (C=O) groups excluding carboxylic acids is 2. The lowest BCUT2D eigenvalue weighted by Gasteiger charge is -2.28. The van der Waals surface area contributed by atoms with Crippen LogP contribution in [0.5, 0.6) is 0 Å². The van der Waals surface area contributed by atoms with Crippen LogP contribution >= 0.6 is 7.82 Å². The van der Waals surface area contributed by atoms with E-state index in [1.54, 1.807) is 0 Å². The molecule has 2 unspecified atom stereocenters. The first-order chi connectivity index (χ1) is 32.5. The monoisotopic (exact) mass is 970 g/mol. The Bertz CT molecular complexity index is 1140. The summed E-state index contributed by atoms with van der Waals surface area (Å²) in [5, 5.41) is 0. The number of hydrogen-bond donors (Lipinski definition) is 0. The maximum absolute atomic E-state index is 12.8. The molecule has 0 saturated heterocycles. The Kier molecular flexibility index (Phi) is 48.8. The minimum atomic E-state index is -4.62. The molecule has 9 nitrogen and oxygen atoms in total. The minimum absolute atomic E-state index is 0.0264. The number of esters is 2. The van der Waals surface area contributed by atoms with Gasteiger partial charge in [0.15, 0.2) is 6.10 Å². The standard InChI is InChI=1S/C57H112NO8P/c1-6-8-10-12-14-16-18-20-21-22-23-24-25-26-27-28-29-30-31-32-33-34-35-36-37-38-40-42-44-46-48-50-57(60)66-55(54-65-67(61,62)64-52-51-58(3,4)5)53-63-56(59)49-47-45-43-41-39-19-17-15-13-11-9-7-2/h22-23,55H,6-21,24-54H2,1-5H3/b23-22-. The Morgan fingerprint density at radius 3 is 1.10 bits per heavy atom. The number of hydrogen-bond acceptors (Lipinski definition) is 8. The molecule has 67 heavy (non-hydrogen) atoms. The summed E-state index contributed by atoms with van der Waals surface area (Å²) in [6, 6.07) is 0. The van der Waals surface area contributed by atoms with Crippen molar-refractivity contribution in [3.05, 3.63) is 12.2 Å². The van der Waals surface area contributed by atoms with Gasteiger partial charge in [0.05, 0.1) is 27.7 Å². The molecule has 0 rings (SSSR count). The van der Waals surface area contributed by atoms with Gasteiger partial charge in [-0.15, -0.1) is 0 Å². The van der Waals surface area contributed by atoms with Crippen LogP contribution in [0.2, 0.25) is 0 Å². The predicted molar refractivity (Wildman–Crippen MR) is 282 cm³/mol. The van der Waals surface area contributed by atoms with Crippen LogP contribution in [0, 0.1) is 0 Å². The molecular formula is C57H112NO8P. The van der Waals surface area contributed by atoms with E-state index in [0.717, 1.165) is 32.1 Å². The number of allylic oxidation sites excluding steroid dienone is 2. The van der Waals surface area contributed by atoms with E-state index in [0.29, 0.717) is 17.4 Å². The van der Waals surface area contributed by atoms with Crippen LogP contribution in [-0.4, -0.2) is 70.0 Å². The molecule has 0 aromatic rings. The lowest BCUT2D eigenvalue weighted by molar-refractivity contribution is -0.870. The first kappa shape index (κ1) is 65.8. The van der Waals surface area contributed by atoms with E-state index in [-0.39, 0.29) is 32.0 Å². The number of likely N-dealkylation sites (N-methyl/N-ethyl adjacent to an activating group) is 1. The van der Waals surface area contributed by atoms with Crippen LogP contribution in [0.4, 0.5) is 0 Å². The van der Waals surface area contributed by atoms with Crippen LogP contribution < -0.4 is 4.89 Å². The van der Waals surface area contributed by atoms with Gasteiger partial charge in [0.1, 0.15) is 19.8 Å². The fourth-order valence-corrected chi connectivity index (χ4v) is 9.26. The van der Waals surface area contributed by atoms with Crippen LogP contribution in [0.25, 0.3) is 0 Å². The van der Waals surface area contributed by atoms with Crippen molar-refractivity contribution in [1.82, 2.24) is 0 Å². The van der Waals surface area contributed by atoms with Crippen molar-refractivity contribution in [3.63, 3.8) is 0 Å². The van der Waals surface area contributed by atoms with Crippen LogP contribution in [0.3, 0.4) is 0 Å². The highest BCUT2D eigenvalue weighted by molar-refractivity contribution is 7.45. The van der Waals surface area contributed by atoms with E-state index >= 15 is 0 Å². The molecule has 0 aliphatic carbocycles. The van der Waals surface area contributed by atoms with Crippen molar-refractivity contribution >= 4 is 19.8 Å². The summed E-state index contributed by atoms with van der Waals surface area (Å²) in [4.78, 5) is 37.7. The Balaban J connectivity index is 3.98. The van der Waals surface area contributed by atoms with Crippen molar-refractivity contribution in [2.45, 2.75) is 296 Å². The van der Waals surface area contributed by atoms with Gasteiger partial charge in [-0.2, -0.15) is 0 Å². The second-order valence-electron chi connectivity index (χ2n) is 21.0. The van der Waals surface area contributed by atoms with Crippen molar-refractivity contribution in [2.24, 2.45) is 0 Å². The predicted octanol–water partition coefficient (Wildman–Crippen LogP) is 17.0. The zero-order valence-corrected chi connectivity index (χ0v) is 46.0. The lowest BCUT2D eigenvalue weighted by atomic mass is 10.0. The smallest absolute Gasteiger partial charge is 0.306 e. The highest BCUT2D eigenvalue weighted by Gasteiger charge is 2.22. The number of unbranched alkanes of at least 4 members (excludes halogenated alkanes) is 38. The molecular weight excluding hydrogens is 858 g/mol. The zero-order valence-electron chi connectivity index (χ0n) is 45.1. The van der Waals surface area contributed by atoms with Gasteiger partial charge < -0.3 is 27.9 Å². The zero-order chi connectivity index (χ0) is 49.2. The molecule has 398 valence electrons. The quantitative estimate of drug-likeness (QED) is 0.0195. The largest absolute Gasteiger partial charge is 0.756 e. The van der Waals surface area contributed by atoms with Gasteiger partial charge in [0, 0.05) is 12.8 Å². The normalized spacial score (nSPS) is 13.3. The molecule has 0 heterocycles. The maximum atomic E-state index is 12.8. The van der Waals surface area contributed by atoms with Crippen LogP contribution in [-0.2, 0) is 32.7 Å². The van der Waals surface area contributed by atoms with E-state index in [2.05, 4.69) is 26.0 Å². The molecule has 0 N–H and O–H groups in total. The first-order valence-corrected chi connectivity index (χ1v) is 30.4. The van der Waals surface area contributed by atoms with Crippen molar-refractivity contribution in [1.29, 1.82) is 0 Å². The molecule has 0 fully saturated rings. The molecule has 0 aromatic carbocycles. The summed E-state index contributed by atoms with van der Waals surface area (Å²) in [7, 11) is 1.18. The van der Waals surface area contributed by atoms with Gasteiger partial charge in [-0.3, -0.25) is 14.2 Å². The molecule has 0 spiro atoms. The summed E-state index contributed by atoms with van der Waals surface area (Å²) in [5.41, 5.74) is 0. The van der Waals surface area contributed by atoms with Gasteiger partial charge in [0.25, 0.3) is 7.82 Å². The molecule has 0 aromatic heterocycles. The number of phosphoric ester groups is 1. The fourth-order valence-electron chi connectivity index (χ4n) is 8.54. The van der Waals surface area contributed by atoms with Gasteiger partial charge in [-0.05, 0) is 38.5 Å². The van der Waals surface area contributed by atoms with E-state index < -0.39 is 26.5 Å². The first-order valence-electron chi connectivity index (χ1n) is 28.9. The summed E-state index contributed by atoms with van der Waals surface area (Å²) in [6.45, 7) is 4.28. The average molecular weight is 970 g/mol. The van der Waals surface area contributed by atoms with E-state index in [9.17, 15) is 19.0 Å². The molecule has 0 aliphatic rings. The number of ether oxygens (including phenoxy) is 2. The van der Waals surface area contributed by atoms with Crippen molar-refractivity contribution in [3.8, 4) is 0 Å². The fraction of sp³-hybridized carbons (Fsp3) is 0.930. The number of phosphoric acid groups is 1. The van der Waals surface area contributed by atoms with E-state index in [1.807, 2.05) is 21.1 Å². The second kappa shape index (κ2) is 49.7. The van der Waals surface area contributed by atoms with Gasteiger partial charge in [-0.25, -0.2) is 0 Å². The molecule has 10 heteroatoms. The van der Waals surface area contributed by atoms with Crippen LogP contribution in [0.1, 0.15) is 290 Å². The van der Waals surface area contributed by atoms with Gasteiger partial charge >= 0.3 is 11.9 Å². The molecule has 0 aliphatic heterocycles. The van der Waals surface area contributed by atoms with Gasteiger partial charge in [0.2, 0.25) is 0 Å². The third-order valence-electron chi connectivity index (χ3n) is 13.0. The topological polar surface area (TPSA) is 111 Å². The maximum Gasteiger partial charge on any atom is 0.306 e. The Labute approximate surface area is 416 Å².